The number of hydrogen-bond donors (Lipinski definition) is 1. The van der Waals surface area contributed by atoms with Crippen LogP contribution in [0.4, 0.5) is 8.78 Å². The summed E-state index contributed by atoms with van der Waals surface area (Å²) < 4.78 is 27.8. The zero-order chi connectivity index (χ0) is 15.2. The Kier molecular flexibility index (Phi) is 4.82. The lowest BCUT2D eigenvalue weighted by atomic mass is 10.0. The first kappa shape index (κ1) is 14.9. The van der Waals surface area contributed by atoms with Crippen molar-refractivity contribution in [2.75, 3.05) is 0 Å². The second kappa shape index (κ2) is 6.79. The molecule has 0 atom stereocenters. The molecule has 2 rings (SSSR count). The molecule has 0 fully saturated rings. The van der Waals surface area contributed by atoms with E-state index in [9.17, 15) is 8.78 Å². The van der Waals surface area contributed by atoms with Crippen LogP contribution in [0.15, 0.2) is 53.4 Å². The first-order chi connectivity index (χ1) is 10.1. The van der Waals surface area contributed by atoms with Crippen molar-refractivity contribution in [2.24, 2.45) is 0 Å². The molecule has 0 spiro atoms. The zero-order valence-corrected chi connectivity index (χ0v) is 11.8. The Hall–Kier alpha value is -2.49. The smallest absolute Gasteiger partial charge is 0.139 e. The molecule has 2 aromatic rings. The van der Waals surface area contributed by atoms with E-state index in [1.807, 2.05) is 0 Å². The van der Waals surface area contributed by atoms with Gasteiger partial charge in [0.25, 0.3) is 0 Å². The zero-order valence-electron chi connectivity index (χ0n) is 10.9. The number of halogens is 2. The van der Waals surface area contributed by atoms with Gasteiger partial charge in [0.1, 0.15) is 11.6 Å². The van der Waals surface area contributed by atoms with Crippen LogP contribution >= 0.6 is 12.6 Å². The van der Waals surface area contributed by atoms with Gasteiger partial charge in [0.05, 0.1) is 5.56 Å². The molecule has 0 aliphatic rings. The van der Waals surface area contributed by atoms with Gasteiger partial charge in [0.2, 0.25) is 0 Å². The number of hydrogen-bond acceptors (Lipinski definition) is 1. The number of thiol groups is 1. The number of terminal acetylenes is 1. The van der Waals surface area contributed by atoms with Crippen molar-refractivity contribution in [3.63, 3.8) is 0 Å². The van der Waals surface area contributed by atoms with Crippen molar-refractivity contribution >= 4 is 12.6 Å². The van der Waals surface area contributed by atoms with Crippen LogP contribution in [0.3, 0.4) is 0 Å². The molecule has 0 radical (unpaired) electrons. The molecule has 0 saturated carbocycles. The normalized spacial score (nSPS) is 10.0. The molecule has 0 bridgehead atoms. The summed E-state index contributed by atoms with van der Waals surface area (Å²) in [6.45, 7) is 0. The summed E-state index contributed by atoms with van der Waals surface area (Å²) in [6, 6.07) is 8.88. The minimum absolute atomic E-state index is 0.228. The molecule has 0 heterocycles. The van der Waals surface area contributed by atoms with E-state index in [1.54, 1.807) is 18.2 Å². The van der Waals surface area contributed by atoms with Gasteiger partial charge in [0.15, 0.2) is 0 Å². The third kappa shape index (κ3) is 3.75. The van der Waals surface area contributed by atoms with Crippen molar-refractivity contribution in [2.45, 2.75) is 4.90 Å². The van der Waals surface area contributed by atoms with E-state index in [1.165, 1.54) is 30.4 Å². The van der Waals surface area contributed by atoms with E-state index < -0.39 is 11.6 Å². The van der Waals surface area contributed by atoms with Gasteiger partial charge in [-0.15, -0.1) is 19.1 Å². The van der Waals surface area contributed by atoms with Crippen LogP contribution in [-0.4, -0.2) is 0 Å². The minimum Gasteiger partial charge on any atom is -0.206 e. The van der Waals surface area contributed by atoms with Gasteiger partial charge in [-0.25, -0.2) is 8.78 Å². The van der Waals surface area contributed by atoms with Crippen LogP contribution in [0.5, 0.6) is 0 Å². The summed E-state index contributed by atoms with van der Waals surface area (Å²) in [4.78, 5) is 0.513. The predicted molar refractivity (Wildman–Crippen MR) is 83.9 cm³/mol. The average molecular weight is 296 g/mol. The highest BCUT2D eigenvalue weighted by Crippen LogP contribution is 2.26. The lowest BCUT2D eigenvalue weighted by Crippen LogP contribution is -1.89. The van der Waals surface area contributed by atoms with E-state index in [0.717, 1.165) is 0 Å². The van der Waals surface area contributed by atoms with Gasteiger partial charge in [-0.1, -0.05) is 29.9 Å². The van der Waals surface area contributed by atoms with Crippen LogP contribution < -0.4 is 0 Å². The van der Waals surface area contributed by atoms with E-state index in [4.69, 9.17) is 6.42 Å². The second-order valence-electron chi connectivity index (χ2n) is 4.13. The molecule has 0 unspecified atom stereocenters. The summed E-state index contributed by atoms with van der Waals surface area (Å²) in [5, 5.41) is 0. The van der Waals surface area contributed by atoms with Gasteiger partial charge >= 0.3 is 0 Å². The summed E-state index contributed by atoms with van der Waals surface area (Å²) in [5.41, 5.74) is 0.994. The van der Waals surface area contributed by atoms with Gasteiger partial charge in [-0.05, 0) is 42.0 Å². The Labute approximate surface area is 127 Å². The molecule has 0 aromatic heterocycles. The van der Waals surface area contributed by atoms with Crippen LogP contribution in [0.1, 0.15) is 5.56 Å². The van der Waals surface area contributed by atoms with E-state index >= 15 is 0 Å². The second-order valence-corrected chi connectivity index (χ2v) is 4.64. The fourth-order valence-corrected chi connectivity index (χ4v) is 1.92. The maximum absolute atomic E-state index is 14.0. The maximum atomic E-state index is 14.0. The minimum atomic E-state index is -0.511. The van der Waals surface area contributed by atoms with Crippen molar-refractivity contribution < 1.29 is 8.78 Å². The lowest BCUT2D eigenvalue weighted by molar-refractivity contribution is 0.621. The topological polar surface area (TPSA) is 0 Å². The van der Waals surface area contributed by atoms with Crippen molar-refractivity contribution in [3.8, 4) is 35.3 Å². The monoisotopic (exact) mass is 296 g/mol. The van der Waals surface area contributed by atoms with Crippen molar-refractivity contribution in [3.05, 3.63) is 65.7 Å². The molecule has 21 heavy (non-hydrogen) atoms. The first-order valence-corrected chi connectivity index (χ1v) is 6.47. The van der Waals surface area contributed by atoms with Crippen LogP contribution in [-0.2, 0) is 0 Å². The third-order valence-corrected chi connectivity index (χ3v) is 2.98. The number of rotatable bonds is 1. The summed E-state index contributed by atoms with van der Waals surface area (Å²) >= 11 is 4.05. The van der Waals surface area contributed by atoms with E-state index in [0.29, 0.717) is 16.0 Å². The lowest BCUT2D eigenvalue weighted by Gasteiger charge is -2.05. The highest BCUT2D eigenvalue weighted by atomic mass is 32.1. The SMILES string of the molecule is C#CC=CC#Cc1ccc(-c2ccc(S)cc2F)cc1F. The average Bonchev–Trinajstić information content (AvgIpc) is 2.45. The Bertz CT molecular complexity index is 802. The van der Waals surface area contributed by atoms with Crippen LogP contribution in [0, 0.1) is 35.8 Å². The van der Waals surface area contributed by atoms with E-state index in [-0.39, 0.29) is 5.56 Å². The maximum Gasteiger partial charge on any atom is 0.139 e. The molecule has 0 amide bonds. The standard InChI is InChI=1S/C18H10F2S/c1-2-3-4-5-6-13-7-8-14(11-17(13)19)16-10-9-15(21)12-18(16)20/h1,3-4,7-12,21H. The van der Waals surface area contributed by atoms with Gasteiger partial charge in [0, 0.05) is 10.5 Å². The molecule has 0 nitrogen and oxygen atoms in total. The first-order valence-electron chi connectivity index (χ1n) is 6.03. The highest BCUT2D eigenvalue weighted by Gasteiger charge is 2.08. The van der Waals surface area contributed by atoms with Gasteiger partial charge in [-0.3, -0.25) is 0 Å². The molecule has 0 N–H and O–H groups in total. The van der Waals surface area contributed by atoms with Gasteiger partial charge < -0.3 is 0 Å². The van der Waals surface area contributed by atoms with Crippen molar-refractivity contribution in [1.82, 2.24) is 0 Å². The Balaban J connectivity index is 2.37. The van der Waals surface area contributed by atoms with Gasteiger partial charge in [-0.2, -0.15) is 0 Å². The molecule has 102 valence electrons. The highest BCUT2D eigenvalue weighted by molar-refractivity contribution is 7.80. The predicted octanol–water partition coefficient (Wildman–Crippen LogP) is 4.46. The molecule has 0 saturated heterocycles. The number of allylic oxidation sites excluding steroid dienone is 2. The molecule has 0 aliphatic carbocycles. The molecule has 0 aliphatic heterocycles. The number of benzene rings is 2. The van der Waals surface area contributed by atoms with Crippen LogP contribution in [0.25, 0.3) is 11.1 Å². The summed E-state index contributed by atoms with van der Waals surface area (Å²) in [5.74, 6) is 6.59. The summed E-state index contributed by atoms with van der Waals surface area (Å²) in [6.07, 6.45) is 7.91. The molecule has 3 heteroatoms. The van der Waals surface area contributed by atoms with Crippen LogP contribution in [0.2, 0.25) is 0 Å². The molecule has 2 aromatic carbocycles. The molecular weight excluding hydrogens is 286 g/mol. The Morgan fingerprint density at radius 1 is 1.00 bits per heavy atom. The Morgan fingerprint density at radius 2 is 1.81 bits per heavy atom. The molecular formula is C18H10F2S. The van der Waals surface area contributed by atoms with E-state index in [2.05, 4.69) is 30.4 Å². The fraction of sp³-hybridized carbons (Fsp3) is 0. The van der Waals surface area contributed by atoms with Crippen molar-refractivity contribution in [1.29, 1.82) is 0 Å². The largest absolute Gasteiger partial charge is 0.206 e. The summed E-state index contributed by atoms with van der Waals surface area (Å²) in [7, 11) is 0. The third-order valence-electron chi connectivity index (χ3n) is 2.70. The Morgan fingerprint density at radius 3 is 2.48 bits per heavy atom. The fourth-order valence-electron chi connectivity index (χ4n) is 1.73. The quantitative estimate of drug-likeness (QED) is 0.583.